The van der Waals surface area contributed by atoms with E-state index in [1.54, 1.807) is 25.1 Å². The fourth-order valence-corrected chi connectivity index (χ4v) is 5.90. The summed E-state index contributed by atoms with van der Waals surface area (Å²) in [6, 6.07) is 8.33. The number of morpholine rings is 1. The Balaban J connectivity index is 1.72. The second-order valence-electron chi connectivity index (χ2n) is 9.66. The van der Waals surface area contributed by atoms with E-state index in [1.807, 2.05) is 31.7 Å². The second kappa shape index (κ2) is 7.88. The highest BCUT2D eigenvalue weighted by Crippen LogP contribution is 2.49. The fourth-order valence-electron chi connectivity index (χ4n) is 5.90. The van der Waals surface area contributed by atoms with Crippen molar-refractivity contribution < 1.29 is 24.0 Å². The van der Waals surface area contributed by atoms with Crippen LogP contribution in [0.3, 0.4) is 0 Å². The van der Waals surface area contributed by atoms with E-state index in [9.17, 15) is 24.5 Å². The number of rotatable bonds is 2. The number of carbonyl (C=O) groups is 3. The number of anilines is 2. The first kappa shape index (κ1) is 23.0. The number of nitro benzene ring substituents is 1. The van der Waals surface area contributed by atoms with Gasteiger partial charge < -0.3 is 9.64 Å². The Hall–Kier alpha value is -3.79. The second-order valence-corrected chi connectivity index (χ2v) is 9.66. The maximum absolute atomic E-state index is 14.3. The highest BCUT2D eigenvalue weighted by molar-refractivity contribution is 6.31. The normalized spacial score (nSPS) is 28.0. The van der Waals surface area contributed by atoms with Crippen LogP contribution in [0.15, 0.2) is 36.4 Å². The van der Waals surface area contributed by atoms with Crippen molar-refractivity contribution in [1.82, 2.24) is 5.32 Å². The lowest BCUT2D eigenvalue weighted by atomic mass is 9.66. The molecule has 4 atom stereocenters. The number of carbonyl (C=O) groups excluding carboxylic acids is 3. The number of hydrogen-bond acceptors (Lipinski definition) is 7. The SMILES string of the molecule is Cc1ccc(N2C(=O)NC(=O)[C@]3(Cc4cc([N+](=O)[O-])ccc4N4C[C@H](C)O[C@@H](C)[C@@H]43)C2=O)c(C)c1. The summed E-state index contributed by atoms with van der Waals surface area (Å²) in [4.78, 5) is 54.9. The minimum absolute atomic E-state index is 0.0907. The number of nitro groups is 1. The first-order valence-electron chi connectivity index (χ1n) is 11.5. The zero-order valence-electron chi connectivity index (χ0n) is 19.9. The number of fused-ring (bicyclic) bond motifs is 4. The summed E-state index contributed by atoms with van der Waals surface area (Å²) in [5.41, 5.74) is 1.46. The molecule has 1 spiro atoms. The Bertz CT molecular complexity index is 1290. The van der Waals surface area contributed by atoms with Gasteiger partial charge in [-0.25, -0.2) is 9.69 Å². The van der Waals surface area contributed by atoms with Gasteiger partial charge in [-0.05, 0) is 51.0 Å². The molecule has 35 heavy (non-hydrogen) atoms. The van der Waals surface area contributed by atoms with Crippen LogP contribution in [0.1, 0.15) is 30.5 Å². The molecule has 2 aromatic rings. The molecule has 10 nitrogen and oxygen atoms in total. The summed E-state index contributed by atoms with van der Waals surface area (Å²) in [7, 11) is 0. The van der Waals surface area contributed by atoms with Crippen molar-refractivity contribution in [3.8, 4) is 0 Å². The molecule has 182 valence electrons. The number of nitrogens with one attached hydrogen (secondary N) is 1. The minimum atomic E-state index is -1.72. The Morgan fingerprint density at radius 2 is 1.80 bits per heavy atom. The Kier molecular flexibility index (Phi) is 5.17. The zero-order valence-corrected chi connectivity index (χ0v) is 19.9. The topological polar surface area (TPSA) is 122 Å². The van der Waals surface area contributed by atoms with Gasteiger partial charge in [-0.2, -0.15) is 0 Å². The van der Waals surface area contributed by atoms with Gasteiger partial charge in [0, 0.05) is 30.8 Å². The number of urea groups is 1. The first-order chi connectivity index (χ1) is 16.5. The van der Waals surface area contributed by atoms with Crippen LogP contribution < -0.4 is 15.1 Å². The maximum Gasteiger partial charge on any atom is 0.335 e. The molecular weight excluding hydrogens is 452 g/mol. The van der Waals surface area contributed by atoms with Crippen molar-refractivity contribution >= 4 is 34.9 Å². The number of nitrogens with zero attached hydrogens (tertiary/aromatic N) is 3. The molecule has 0 aromatic heterocycles. The highest BCUT2D eigenvalue weighted by Gasteiger charge is 2.65. The quantitative estimate of drug-likeness (QED) is 0.400. The van der Waals surface area contributed by atoms with Gasteiger partial charge >= 0.3 is 6.03 Å². The predicted octanol–water partition coefficient (Wildman–Crippen LogP) is 3.02. The van der Waals surface area contributed by atoms with E-state index in [0.717, 1.165) is 16.2 Å². The van der Waals surface area contributed by atoms with Crippen LogP contribution in [0, 0.1) is 29.4 Å². The zero-order chi connectivity index (χ0) is 25.2. The molecule has 3 heterocycles. The molecule has 2 fully saturated rings. The molecule has 1 N–H and O–H groups in total. The molecule has 4 amide bonds. The number of amides is 4. The van der Waals surface area contributed by atoms with Gasteiger partial charge in [0.15, 0.2) is 5.41 Å². The molecule has 3 aliphatic heterocycles. The van der Waals surface area contributed by atoms with Crippen molar-refractivity contribution in [2.45, 2.75) is 52.4 Å². The van der Waals surface area contributed by atoms with E-state index in [-0.39, 0.29) is 18.2 Å². The lowest BCUT2D eigenvalue weighted by Gasteiger charge is -2.56. The highest BCUT2D eigenvalue weighted by atomic mass is 16.6. The lowest BCUT2D eigenvalue weighted by molar-refractivity contribution is -0.384. The number of barbiturate groups is 1. The fraction of sp³-hybridized carbons (Fsp3) is 0.400. The standard InChI is InChI=1S/C25H26N4O6/c1-13-5-7-19(14(2)9-13)28-23(31)25(22(30)26-24(28)32)11-17-10-18(29(33)34)6-8-20(17)27-12-15(3)35-16(4)21(25)27/h5-10,15-16,21H,11-12H2,1-4H3,(H,26,30,32)/t15-,16-,21+,25+/m0/s1. The van der Waals surface area contributed by atoms with Gasteiger partial charge in [-0.1, -0.05) is 17.7 Å². The lowest BCUT2D eigenvalue weighted by Crippen LogP contribution is -2.76. The van der Waals surface area contributed by atoms with Gasteiger partial charge in [0.2, 0.25) is 5.91 Å². The summed E-state index contributed by atoms with van der Waals surface area (Å²) >= 11 is 0. The Labute approximate surface area is 202 Å². The van der Waals surface area contributed by atoms with Crippen LogP contribution in [0.5, 0.6) is 0 Å². The Morgan fingerprint density at radius 1 is 1.09 bits per heavy atom. The summed E-state index contributed by atoms with van der Waals surface area (Å²) in [5.74, 6) is -1.37. The number of benzene rings is 2. The van der Waals surface area contributed by atoms with E-state index >= 15 is 0 Å². The van der Waals surface area contributed by atoms with Crippen molar-refractivity contribution in [2.75, 3.05) is 16.3 Å². The largest absolute Gasteiger partial charge is 0.372 e. The van der Waals surface area contributed by atoms with Crippen LogP contribution in [-0.2, 0) is 20.7 Å². The molecule has 0 aliphatic carbocycles. The van der Waals surface area contributed by atoms with Crippen molar-refractivity contribution in [3.63, 3.8) is 0 Å². The summed E-state index contributed by atoms with van der Waals surface area (Å²) in [6.45, 7) is 7.80. The van der Waals surface area contributed by atoms with Crippen molar-refractivity contribution in [1.29, 1.82) is 0 Å². The molecule has 0 bridgehead atoms. The van der Waals surface area contributed by atoms with Gasteiger partial charge in [0.25, 0.3) is 11.6 Å². The summed E-state index contributed by atoms with van der Waals surface area (Å²) < 4.78 is 6.08. The number of imide groups is 2. The average molecular weight is 479 g/mol. The molecule has 0 saturated carbocycles. The molecule has 5 rings (SSSR count). The van der Waals surface area contributed by atoms with Crippen LogP contribution in [-0.4, -0.2) is 47.6 Å². The van der Waals surface area contributed by atoms with E-state index in [4.69, 9.17) is 4.74 Å². The number of aryl methyl sites for hydroxylation is 2. The summed E-state index contributed by atoms with van der Waals surface area (Å²) in [5, 5.41) is 13.9. The molecule has 2 aromatic carbocycles. The van der Waals surface area contributed by atoms with Gasteiger partial charge in [-0.15, -0.1) is 0 Å². The van der Waals surface area contributed by atoms with E-state index in [2.05, 4.69) is 5.32 Å². The average Bonchev–Trinajstić information content (AvgIpc) is 2.78. The van der Waals surface area contributed by atoms with Crippen LogP contribution in [0.2, 0.25) is 0 Å². The van der Waals surface area contributed by atoms with Crippen LogP contribution in [0.4, 0.5) is 21.9 Å². The van der Waals surface area contributed by atoms with E-state index in [1.165, 1.54) is 12.1 Å². The third-order valence-corrected chi connectivity index (χ3v) is 7.25. The van der Waals surface area contributed by atoms with Crippen LogP contribution >= 0.6 is 0 Å². The molecule has 10 heteroatoms. The first-order valence-corrected chi connectivity index (χ1v) is 11.5. The third-order valence-electron chi connectivity index (χ3n) is 7.25. The number of ether oxygens (including phenoxy) is 1. The minimum Gasteiger partial charge on any atom is -0.372 e. The third kappa shape index (κ3) is 3.31. The smallest absolute Gasteiger partial charge is 0.335 e. The maximum atomic E-state index is 14.3. The molecule has 0 radical (unpaired) electrons. The number of hydrogen-bond donors (Lipinski definition) is 1. The summed E-state index contributed by atoms with van der Waals surface area (Å²) in [6.07, 6.45) is -0.809. The van der Waals surface area contributed by atoms with Crippen molar-refractivity contribution in [3.05, 3.63) is 63.2 Å². The molecule has 2 saturated heterocycles. The van der Waals surface area contributed by atoms with E-state index in [0.29, 0.717) is 23.4 Å². The Morgan fingerprint density at radius 3 is 2.49 bits per heavy atom. The predicted molar refractivity (Wildman–Crippen MR) is 127 cm³/mol. The van der Waals surface area contributed by atoms with Gasteiger partial charge in [0.1, 0.15) is 0 Å². The number of non-ortho nitro benzene ring substituents is 1. The monoisotopic (exact) mass is 478 g/mol. The molecule has 0 unspecified atom stereocenters. The van der Waals surface area contributed by atoms with Crippen LogP contribution in [0.25, 0.3) is 0 Å². The van der Waals surface area contributed by atoms with E-state index < -0.39 is 40.3 Å². The van der Waals surface area contributed by atoms with Gasteiger partial charge in [0.05, 0.1) is 28.9 Å². The van der Waals surface area contributed by atoms with Crippen molar-refractivity contribution in [2.24, 2.45) is 5.41 Å². The molecular formula is C25H26N4O6. The van der Waals surface area contributed by atoms with Gasteiger partial charge in [-0.3, -0.25) is 25.0 Å². The molecule has 3 aliphatic rings.